The molecule has 0 radical (unpaired) electrons. The van der Waals surface area contributed by atoms with Crippen molar-refractivity contribution in [1.29, 1.82) is 0 Å². The van der Waals surface area contributed by atoms with Gasteiger partial charge in [0.15, 0.2) is 0 Å². The summed E-state index contributed by atoms with van der Waals surface area (Å²) in [5.74, 6) is 0. The molecule has 0 rings (SSSR count). The van der Waals surface area contributed by atoms with E-state index in [-0.39, 0.29) is 66.9 Å². The minimum absolute atomic E-state index is 0. The average Bonchev–Trinajstić information content (AvgIpc) is 0. The van der Waals surface area contributed by atoms with Gasteiger partial charge < -0.3 is 45.2 Å². The molecule has 0 spiro atoms. The van der Waals surface area contributed by atoms with Crippen molar-refractivity contribution in [3.05, 3.63) is 0 Å². The molecule has 9 heavy (non-hydrogen) atoms. The van der Waals surface area contributed by atoms with Crippen molar-refractivity contribution >= 4 is 0 Å². The molecule has 0 bridgehead atoms. The smallest absolute Gasteiger partial charge is 0.870 e. The summed E-state index contributed by atoms with van der Waals surface area (Å²) >= 11 is 0. The van der Waals surface area contributed by atoms with Crippen LogP contribution in [0.1, 0.15) is 0 Å². The third-order valence-electron chi connectivity index (χ3n) is 0. The predicted octanol–water partition coefficient (Wildman–Crippen LogP) is -0.311. The Morgan fingerprint density at radius 1 is 0.333 bits per heavy atom. The molecule has 0 aromatic carbocycles. The minimum atomic E-state index is 0. The fourth-order valence-corrected chi connectivity index (χ4v) is 0. The summed E-state index contributed by atoms with van der Waals surface area (Å²) in [4.78, 5) is 0. The number of hydrogen-bond acceptors (Lipinski definition) is 6. The van der Waals surface area contributed by atoms with Gasteiger partial charge in [0.05, 0.1) is 0 Å². The number of hydrogen-bond donors (Lipinski definition) is 2. The van der Waals surface area contributed by atoms with Crippen LogP contribution in [0.3, 0.4) is 0 Å². The van der Waals surface area contributed by atoms with E-state index in [1.165, 1.54) is 0 Å². The summed E-state index contributed by atoms with van der Waals surface area (Å²) in [5, 5.41) is 0. The molecule has 0 saturated carbocycles. The van der Waals surface area contributed by atoms with Crippen molar-refractivity contribution in [1.82, 2.24) is 12.3 Å². The zero-order valence-electron chi connectivity index (χ0n) is 5.18. The number of rotatable bonds is 0. The van der Waals surface area contributed by atoms with Gasteiger partial charge in [0.1, 0.15) is 0 Å². The molecule has 0 unspecified atom stereocenters. The van der Waals surface area contributed by atoms with Crippen LogP contribution in [0.15, 0.2) is 0 Å². The van der Waals surface area contributed by atoms with E-state index in [4.69, 9.17) is 0 Å². The van der Waals surface area contributed by atoms with Gasteiger partial charge in [0, 0.05) is 0 Å². The fourth-order valence-electron chi connectivity index (χ4n) is 0. The SMILES string of the molecule is [NH4+].[NH4+].[OH-].[OH-].[OH-].[OH-].[OH-].[OH-].[Ti+4]. The second-order valence-electron chi connectivity index (χ2n) is 0. The second-order valence-corrected chi connectivity index (χ2v) is 0. The van der Waals surface area contributed by atoms with Crippen LogP contribution in [-0.4, -0.2) is 32.9 Å². The maximum absolute atomic E-state index is 0. The van der Waals surface area contributed by atoms with Crippen LogP contribution in [0.25, 0.3) is 0 Å². The Hall–Kier alpha value is 0.394. The minimum Gasteiger partial charge on any atom is -0.870 e. The monoisotopic (exact) mass is 186 g/mol. The van der Waals surface area contributed by atoms with E-state index < -0.39 is 0 Å². The maximum atomic E-state index is 0. The van der Waals surface area contributed by atoms with Crippen LogP contribution >= 0.6 is 0 Å². The standard InChI is InChI=1S/2H3N.6H2O.Ti/h2*1H3;6*1H2;/q;;;;;;;;+4/p-4. The van der Waals surface area contributed by atoms with E-state index in [1.54, 1.807) is 0 Å². The largest absolute Gasteiger partial charge is 4.00 e. The van der Waals surface area contributed by atoms with E-state index in [2.05, 4.69) is 0 Å². The van der Waals surface area contributed by atoms with Gasteiger partial charge in [-0.1, -0.05) is 0 Å². The molecule has 0 saturated heterocycles. The summed E-state index contributed by atoms with van der Waals surface area (Å²) in [5.41, 5.74) is 0. The number of quaternary nitrogens is 2. The molecule has 0 aromatic rings. The van der Waals surface area contributed by atoms with Crippen molar-refractivity contribution in [2.24, 2.45) is 0 Å². The van der Waals surface area contributed by atoms with E-state index >= 15 is 0 Å². The maximum Gasteiger partial charge on any atom is 4.00 e. The van der Waals surface area contributed by atoms with Crippen molar-refractivity contribution in [3.63, 3.8) is 0 Å². The molecule has 0 aliphatic heterocycles. The quantitative estimate of drug-likeness (QED) is 0.478. The normalized spacial score (nSPS) is 0. The van der Waals surface area contributed by atoms with Gasteiger partial charge in [-0.2, -0.15) is 0 Å². The summed E-state index contributed by atoms with van der Waals surface area (Å²) < 4.78 is 0. The van der Waals surface area contributed by atoms with Crippen LogP contribution in [0, 0.1) is 0 Å². The molecule has 0 aliphatic rings. The topological polar surface area (TPSA) is 253 Å². The molecule has 64 valence electrons. The Balaban J connectivity index is 0. The molecule has 0 amide bonds. The van der Waals surface area contributed by atoms with E-state index in [9.17, 15) is 0 Å². The van der Waals surface area contributed by atoms with Crippen LogP contribution in [0.5, 0.6) is 0 Å². The van der Waals surface area contributed by atoms with Crippen LogP contribution in [-0.2, 0) is 21.7 Å². The van der Waals surface area contributed by atoms with Crippen molar-refractivity contribution in [3.8, 4) is 0 Å². The molecule has 0 aromatic heterocycles. The van der Waals surface area contributed by atoms with Gasteiger partial charge >= 0.3 is 21.7 Å². The third kappa shape index (κ3) is 2210. The van der Waals surface area contributed by atoms with Crippen molar-refractivity contribution < 1.29 is 54.6 Å². The fraction of sp³-hybridized carbons (Fsp3) is 0. The van der Waals surface area contributed by atoms with Crippen LogP contribution in [0.2, 0.25) is 0 Å². The van der Waals surface area contributed by atoms with E-state index in [0.29, 0.717) is 0 Å². The zero-order valence-corrected chi connectivity index (χ0v) is 6.74. The zero-order chi connectivity index (χ0) is 0. The van der Waals surface area contributed by atoms with E-state index in [1.807, 2.05) is 0 Å². The molecule has 9 heteroatoms. The first-order valence-corrected chi connectivity index (χ1v) is 0. The van der Waals surface area contributed by atoms with Gasteiger partial charge in [0.2, 0.25) is 0 Å². The first-order valence-electron chi connectivity index (χ1n) is 0. The molecular weight excluding hydrogens is 172 g/mol. The summed E-state index contributed by atoms with van der Waals surface area (Å²) in [7, 11) is 0. The molecule has 14 N–H and O–H groups in total. The molecule has 0 fully saturated rings. The van der Waals surface area contributed by atoms with Gasteiger partial charge in [-0.05, 0) is 0 Å². The summed E-state index contributed by atoms with van der Waals surface area (Å²) in [6.45, 7) is 0. The average molecular weight is 186 g/mol. The third-order valence-corrected chi connectivity index (χ3v) is 0. The molecule has 0 heterocycles. The van der Waals surface area contributed by atoms with Gasteiger partial charge in [-0.15, -0.1) is 0 Å². The van der Waals surface area contributed by atoms with E-state index in [0.717, 1.165) is 0 Å². The molecule has 8 nitrogen and oxygen atoms in total. The predicted molar refractivity (Wildman–Crippen MR) is 23.6 cm³/mol. The second kappa shape index (κ2) is 2950. The molecular formula is H14N2O6Ti. The summed E-state index contributed by atoms with van der Waals surface area (Å²) in [6, 6.07) is 0. The van der Waals surface area contributed by atoms with Crippen LogP contribution in [0.4, 0.5) is 0 Å². The van der Waals surface area contributed by atoms with Gasteiger partial charge in [0.25, 0.3) is 0 Å². The van der Waals surface area contributed by atoms with Gasteiger partial charge in [-0.25, -0.2) is 0 Å². The first-order chi connectivity index (χ1) is 0. The Bertz CT molecular complexity index is 11.0. The first kappa shape index (κ1) is 4260. The Kier molecular flexibility index (Phi) is 1400000. The summed E-state index contributed by atoms with van der Waals surface area (Å²) in [6.07, 6.45) is 0. The van der Waals surface area contributed by atoms with Crippen LogP contribution < -0.4 is 12.3 Å². The van der Waals surface area contributed by atoms with Crippen molar-refractivity contribution in [2.75, 3.05) is 0 Å². The van der Waals surface area contributed by atoms with Gasteiger partial charge in [-0.3, -0.25) is 0 Å². The molecule has 0 atom stereocenters. The Morgan fingerprint density at radius 2 is 0.333 bits per heavy atom. The van der Waals surface area contributed by atoms with Crippen molar-refractivity contribution in [2.45, 2.75) is 0 Å². The Labute approximate surface area is 67.5 Å². The molecule has 0 aliphatic carbocycles. The Morgan fingerprint density at radius 3 is 0.333 bits per heavy atom.